The fraction of sp³-hybridized carbons (Fsp3) is 0.0492. The van der Waals surface area contributed by atoms with Crippen molar-refractivity contribution in [2.45, 2.75) is 19.3 Å². The average molecular weight is 820 g/mol. The van der Waals surface area contributed by atoms with E-state index in [1.165, 1.54) is 44.3 Å². The molecule has 1 aliphatic rings. The fourth-order valence-corrected chi connectivity index (χ4v) is 10.7. The molecule has 0 radical (unpaired) electrons. The molecule has 0 amide bonds. The average Bonchev–Trinajstić information content (AvgIpc) is 4.00. The van der Waals surface area contributed by atoms with Crippen molar-refractivity contribution in [2.24, 2.45) is 0 Å². The summed E-state index contributed by atoms with van der Waals surface area (Å²) < 4.78 is 13.2. The van der Waals surface area contributed by atoms with Gasteiger partial charge in [-0.3, -0.25) is 0 Å². The molecule has 0 spiro atoms. The van der Waals surface area contributed by atoms with Crippen molar-refractivity contribution < 1.29 is 8.83 Å². The maximum atomic E-state index is 6.74. The number of nitrogens with zero attached hydrogens (tertiary/aromatic N) is 1. The molecule has 10 aromatic carbocycles. The zero-order chi connectivity index (χ0) is 42.5. The third kappa shape index (κ3) is 5.41. The molecule has 3 nitrogen and oxygen atoms in total. The summed E-state index contributed by atoms with van der Waals surface area (Å²) in [6, 6.07) is 76.6. The Labute approximate surface area is 371 Å². The van der Waals surface area contributed by atoms with Crippen LogP contribution >= 0.6 is 0 Å². The largest absolute Gasteiger partial charge is 0.455 e. The third-order valence-corrected chi connectivity index (χ3v) is 13.7. The molecule has 0 bridgehead atoms. The number of hydrogen-bond donors (Lipinski definition) is 0. The van der Waals surface area contributed by atoms with Crippen LogP contribution in [0.2, 0.25) is 0 Å². The second-order valence-electron chi connectivity index (χ2n) is 17.6. The normalized spacial score (nSPS) is 13.0. The van der Waals surface area contributed by atoms with Crippen LogP contribution in [-0.4, -0.2) is 0 Å². The van der Waals surface area contributed by atoms with Gasteiger partial charge in [0.2, 0.25) is 0 Å². The lowest BCUT2D eigenvalue weighted by Gasteiger charge is -2.28. The highest BCUT2D eigenvalue weighted by Crippen LogP contribution is 2.52. The van der Waals surface area contributed by atoms with E-state index in [-0.39, 0.29) is 5.41 Å². The molecule has 0 aliphatic heterocycles. The van der Waals surface area contributed by atoms with Crippen molar-refractivity contribution in [2.75, 3.05) is 4.90 Å². The van der Waals surface area contributed by atoms with Crippen LogP contribution in [0.3, 0.4) is 0 Å². The SMILES string of the molecule is CC1(C)c2ccccc2-c2ccc(N(c3ccc(-c4cccc5c4oc4ccccc45)cc3)c3ccc(-c4c(-c5ccccc5)c5ccccc5c5oc6ccccc6c45)cc3)cc21. The van der Waals surface area contributed by atoms with Gasteiger partial charge in [0.05, 0.1) is 0 Å². The van der Waals surface area contributed by atoms with Gasteiger partial charge in [-0.25, -0.2) is 0 Å². The van der Waals surface area contributed by atoms with Gasteiger partial charge < -0.3 is 13.7 Å². The van der Waals surface area contributed by atoms with Crippen molar-refractivity contribution >= 4 is 71.7 Å². The highest BCUT2D eigenvalue weighted by molar-refractivity contribution is 6.26. The quantitative estimate of drug-likeness (QED) is 0.167. The maximum absolute atomic E-state index is 6.74. The highest BCUT2D eigenvalue weighted by Gasteiger charge is 2.36. The Morgan fingerprint density at radius 2 is 0.859 bits per heavy atom. The summed E-state index contributed by atoms with van der Waals surface area (Å²) in [6.07, 6.45) is 0. The molecular formula is C61H41NO2. The second-order valence-corrected chi connectivity index (χ2v) is 17.6. The minimum atomic E-state index is -0.144. The van der Waals surface area contributed by atoms with Crippen LogP contribution in [0.1, 0.15) is 25.0 Å². The summed E-state index contributed by atoms with van der Waals surface area (Å²) >= 11 is 0. The van der Waals surface area contributed by atoms with Crippen LogP contribution in [0.25, 0.3) is 99.2 Å². The molecule has 0 N–H and O–H groups in total. The minimum absolute atomic E-state index is 0.144. The van der Waals surface area contributed by atoms with E-state index in [0.717, 1.165) is 83.0 Å². The molecule has 2 aromatic heterocycles. The Bertz CT molecular complexity index is 3800. The number of para-hydroxylation sites is 3. The molecule has 0 fully saturated rings. The van der Waals surface area contributed by atoms with E-state index < -0.39 is 0 Å². The lowest BCUT2D eigenvalue weighted by atomic mass is 9.82. The molecule has 302 valence electrons. The molecule has 0 saturated carbocycles. The predicted octanol–water partition coefficient (Wildman–Crippen LogP) is 17.4. The van der Waals surface area contributed by atoms with Crippen LogP contribution in [-0.2, 0) is 5.41 Å². The Kier molecular flexibility index (Phi) is 7.95. The van der Waals surface area contributed by atoms with Crippen molar-refractivity contribution in [3.05, 3.63) is 223 Å². The van der Waals surface area contributed by atoms with Gasteiger partial charge in [0, 0.05) is 60.5 Å². The lowest BCUT2D eigenvalue weighted by Crippen LogP contribution is -2.16. The second kappa shape index (κ2) is 13.9. The molecule has 0 atom stereocenters. The van der Waals surface area contributed by atoms with Gasteiger partial charge in [0.15, 0.2) is 0 Å². The standard InChI is InChI=1S/C61H41NO2/c1-61(2)52-24-11-8-17-45(52)46-36-35-43(37-53(46)61)62(41-31-27-38(28-32-41)44-22-14-23-49-47-18-9-12-25-54(47)63-59(44)49)42-33-29-40(30-34-42)57-56(39-15-4-3-5-16-39)48-19-6-7-20-50(48)60-58(57)51-21-10-13-26-55(51)64-60/h3-37H,1-2H3. The van der Waals surface area contributed by atoms with E-state index in [1.807, 2.05) is 12.1 Å². The summed E-state index contributed by atoms with van der Waals surface area (Å²) in [5.74, 6) is 0. The number of rotatable bonds is 6. The van der Waals surface area contributed by atoms with E-state index >= 15 is 0 Å². The summed E-state index contributed by atoms with van der Waals surface area (Å²) in [5.41, 5.74) is 18.9. The minimum Gasteiger partial charge on any atom is -0.455 e. The first kappa shape index (κ1) is 36.5. The van der Waals surface area contributed by atoms with Gasteiger partial charge in [-0.15, -0.1) is 0 Å². The Hall–Kier alpha value is -8.14. The molecule has 12 aromatic rings. The molecule has 0 saturated heterocycles. The summed E-state index contributed by atoms with van der Waals surface area (Å²) in [7, 11) is 0. The smallest absolute Gasteiger partial charge is 0.143 e. The van der Waals surface area contributed by atoms with Crippen molar-refractivity contribution in [1.29, 1.82) is 0 Å². The van der Waals surface area contributed by atoms with Crippen LogP contribution in [0.15, 0.2) is 221 Å². The van der Waals surface area contributed by atoms with Gasteiger partial charge in [-0.05, 0) is 98.4 Å². The molecule has 3 heteroatoms. The molecule has 64 heavy (non-hydrogen) atoms. The number of anilines is 3. The molecule has 13 rings (SSSR count). The van der Waals surface area contributed by atoms with Gasteiger partial charge in [-0.2, -0.15) is 0 Å². The van der Waals surface area contributed by atoms with E-state index in [0.29, 0.717) is 0 Å². The summed E-state index contributed by atoms with van der Waals surface area (Å²) in [4.78, 5) is 2.40. The van der Waals surface area contributed by atoms with Crippen LogP contribution in [0.4, 0.5) is 17.1 Å². The zero-order valence-corrected chi connectivity index (χ0v) is 35.5. The molecular weight excluding hydrogens is 779 g/mol. The Morgan fingerprint density at radius 3 is 1.62 bits per heavy atom. The van der Waals surface area contributed by atoms with Gasteiger partial charge in [0.25, 0.3) is 0 Å². The number of furan rings is 2. The first-order chi connectivity index (χ1) is 31.5. The third-order valence-electron chi connectivity index (χ3n) is 13.7. The molecule has 1 aliphatic carbocycles. The topological polar surface area (TPSA) is 29.5 Å². The first-order valence-electron chi connectivity index (χ1n) is 22.1. The van der Waals surface area contributed by atoms with Crippen molar-refractivity contribution in [3.8, 4) is 44.5 Å². The Morgan fingerprint density at radius 1 is 0.344 bits per heavy atom. The van der Waals surface area contributed by atoms with E-state index in [2.05, 4.69) is 219 Å². The fourth-order valence-electron chi connectivity index (χ4n) is 10.7. The molecule has 2 heterocycles. The van der Waals surface area contributed by atoms with Crippen LogP contribution in [0.5, 0.6) is 0 Å². The van der Waals surface area contributed by atoms with Gasteiger partial charge in [0.1, 0.15) is 22.3 Å². The van der Waals surface area contributed by atoms with Crippen molar-refractivity contribution in [3.63, 3.8) is 0 Å². The predicted molar refractivity (Wildman–Crippen MR) is 267 cm³/mol. The van der Waals surface area contributed by atoms with Gasteiger partial charge in [-0.1, -0.05) is 178 Å². The zero-order valence-electron chi connectivity index (χ0n) is 35.5. The van der Waals surface area contributed by atoms with Crippen LogP contribution in [0, 0.1) is 0 Å². The lowest BCUT2D eigenvalue weighted by molar-refractivity contribution is 0.660. The summed E-state index contributed by atoms with van der Waals surface area (Å²) in [5, 5.41) is 6.79. The van der Waals surface area contributed by atoms with E-state index in [1.54, 1.807) is 0 Å². The van der Waals surface area contributed by atoms with Crippen molar-refractivity contribution in [1.82, 2.24) is 0 Å². The van der Waals surface area contributed by atoms with E-state index in [4.69, 9.17) is 8.83 Å². The monoisotopic (exact) mass is 819 g/mol. The highest BCUT2D eigenvalue weighted by atomic mass is 16.3. The van der Waals surface area contributed by atoms with Crippen LogP contribution < -0.4 is 4.90 Å². The first-order valence-corrected chi connectivity index (χ1v) is 22.1. The maximum Gasteiger partial charge on any atom is 0.143 e. The number of benzene rings is 10. The van der Waals surface area contributed by atoms with E-state index in [9.17, 15) is 0 Å². The van der Waals surface area contributed by atoms with Gasteiger partial charge >= 0.3 is 0 Å². The Balaban J connectivity index is 0.997. The number of hydrogen-bond acceptors (Lipinski definition) is 3. The number of fused-ring (bicyclic) bond motifs is 11. The summed E-state index contributed by atoms with van der Waals surface area (Å²) in [6.45, 7) is 4.70. The molecule has 0 unspecified atom stereocenters.